The van der Waals surface area contributed by atoms with Gasteiger partial charge >= 0.3 is 0 Å². The summed E-state index contributed by atoms with van der Waals surface area (Å²) in [7, 11) is 1.64. The third-order valence-electron chi connectivity index (χ3n) is 3.42. The molecule has 0 fully saturated rings. The predicted molar refractivity (Wildman–Crippen MR) is 83.1 cm³/mol. The molecular weight excluding hydrogens is 264 g/mol. The molecule has 0 atom stereocenters. The van der Waals surface area contributed by atoms with Crippen molar-refractivity contribution in [3.05, 3.63) is 54.1 Å². The Balaban J connectivity index is 2.09. The maximum atomic E-state index is 5.95. The summed E-state index contributed by atoms with van der Waals surface area (Å²) in [5.41, 5.74) is 10.6. The van der Waals surface area contributed by atoms with Crippen LogP contribution in [0.3, 0.4) is 0 Å². The Kier molecular flexibility index (Phi) is 3.36. The van der Waals surface area contributed by atoms with Crippen LogP contribution < -0.4 is 10.5 Å². The normalized spacial score (nSPS) is 10.6. The van der Waals surface area contributed by atoms with Crippen molar-refractivity contribution >= 4 is 5.88 Å². The number of nitrogens with zero attached hydrogens (tertiary/aromatic N) is 1. The van der Waals surface area contributed by atoms with Gasteiger partial charge < -0.3 is 15.0 Å². The van der Waals surface area contributed by atoms with Crippen LogP contribution in [-0.4, -0.2) is 12.3 Å². The highest BCUT2D eigenvalue weighted by molar-refractivity contribution is 5.86. The van der Waals surface area contributed by atoms with E-state index in [2.05, 4.69) is 5.16 Å². The van der Waals surface area contributed by atoms with Crippen LogP contribution in [-0.2, 0) is 0 Å². The Labute approximate surface area is 123 Å². The maximum absolute atomic E-state index is 5.95. The zero-order valence-electron chi connectivity index (χ0n) is 12.0. The lowest BCUT2D eigenvalue weighted by Crippen LogP contribution is -1.89. The molecule has 0 saturated carbocycles. The van der Waals surface area contributed by atoms with Crippen molar-refractivity contribution in [2.75, 3.05) is 12.8 Å². The lowest BCUT2D eigenvalue weighted by Gasteiger charge is -2.05. The van der Waals surface area contributed by atoms with Crippen molar-refractivity contribution in [3.63, 3.8) is 0 Å². The molecule has 2 N–H and O–H groups in total. The van der Waals surface area contributed by atoms with E-state index in [1.54, 1.807) is 7.11 Å². The average molecular weight is 280 g/mol. The van der Waals surface area contributed by atoms with Crippen molar-refractivity contribution in [3.8, 4) is 28.1 Å². The molecule has 0 aliphatic heterocycles. The Bertz CT molecular complexity index is 743. The Morgan fingerprint density at radius 2 is 1.57 bits per heavy atom. The number of hydrogen-bond donors (Lipinski definition) is 1. The molecule has 0 spiro atoms. The molecule has 3 rings (SSSR count). The fourth-order valence-electron chi connectivity index (χ4n) is 2.25. The van der Waals surface area contributed by atoms with Crippen LogP contribution in [0.1, 0.15) is 5.56 Å². The fraction of sp³-hybridized carbons (Fsp3) is 0.118. The minimum absolute atomic E-state index is 0.316. The van der Waals surface area contributed by atoms with E-state index in [9.17, 15) is 0 Å². The van der Waals surface area contributed by atoms with Gasteiger partial charge in [0, 0.05) is 5.56 Å². The van der Waals surface area contributed by atoms with E-state index in [1.807, 2.05) is 55.5 Å². The van der Waals surface area contributed by atoms with Crippen LogP contribution in [0, 0.1) is 6.92 Å². The molecule has 0 amide bonds. The number of hydrogen-bond acceptors (Lipinski definition) is 4. The van der Waals surface area contributed by atoms with Gasteiger partial charge in [0.05, 0.1) is 12.7 Å². The third-order valence-corrected chi connectivity index (χ3v) is 3.42. The highest BCUT2D eigenvalue weighted by Gasteiger charge is 2.17. The van der Waals surface area contributed by atoms with Gasteiger partial charge in [-0.1, -0.05) is 47.1 Å². The summed E-state index contributed by atoms with van der Waals surface area (Å²) in [6.07, 6.45) is 0. The molecule has 4 heteroatoms. The van der Waals surface area contributed by atoms with Gasteiger partial charge in [0.2, 0.25) is 5.88 Å². The van der Waals surface area contributed by atoms with E-state index in [1.165, 1.54) is 5.56 Å². The summed E-state index contributed by atoms with van der Waals surface area (Å²) in [6, 6.07) is 15.8. The summed E-state index contributed by atoms with van der Waals surface area (Å²) in [5.74, 6) is 1.11. The van der Waals surface area contributed by atoms with Crippen LogP contribution in [0.2, 0.25) is 0 Å². The first-order chi connectivity index (χ1) is 10.2. The summed E-state index contributed by atoms with van der Waals surface area (Å²) < 4.78 is 10.4. The lowest BCUT2D eigenvalue weighted by atomic mass is 10.0. The fourth-order valence-corrected chi connectivity index (χ4v) is 2.25. The SMILES string of the molecule is COc1ccc(-c2c(-c3ccc(C)cc3)noc2N)cc1. The largest absolute Gasteiger partial charge is 0.497 e. The van der Waals surface area contributed by atoms with Crippen molar-refractivity contribution < 1.29 is 9.26 Å². The minimum Gasteiger partial charge on any atom is -0.497 e. The van der Waals surface area contributed by atoms with Crippen molar-refractivity contribution in [2.24, 2.45) is 0 Å². The number of anilines is 1. The van der Waals surface area contributed by atoms with Crippen LogP contribution in [0.5, 0.6) is 5.75 Å². The summed E-state index contributed by atoms with van der Waals surface area (Å²) in [6.45, 7) is 2.05. The molecule has 106 valence electrons. The molecule has 1 heterocycles. The molecule has 1 aromatic heterocycles. The Hall–Kier alpha value is -2.75. The quantitative estimate of drug-likeness (QED) is 0.790. The van der Waals surface area contributed by atoms with Gasteiger partial charge in [-0.05, 0) is 24.6 Å². The van der Waals surface area contributed by atoms with Gasteiger partial charge in [-0.25, -0.2) is 0 Å². The van der Waals surface area contributed by atoms with E-state index in [4.69, 9.17) is 15.0 Å². The van der Waals surface area contributed by atoms with Gasteiger partial charge in [-0.15, -0.1) is 0 Å². The standard InChI is InChI=1S/C17H16N2O2/c1-11-3-5-13(6-4-11)16-15(17(18)21-19-16)12-7-9-14(20-2)10-8-12/h3-10H,18H2,1-2H3. The summed E-state index contributed by atoms with van der Waals surface area (Å²) in [5, 5.41) is 4.10. The molecule has 0 aliphatic carbocycles. The van der Waals surface area contributed by atoms with E-state index < -0.39 is 0 Å². The lowest BCUT2D eigenvalue weighted by molar-refractivity contribution is 0.415. The topological polar surface area (TPSA) is 61.3 Å². The highest BCUT2D eigenvalue weighted by atomic mass is 16.5. The smallest absolute Gasteiger partial charge is 0.230 e. The van der Waals surface area contributed by atoms with E-state index in [0.29, 0.717) is 5.88 Å². The number of nitrogen functional groups attached to an aromatic ring is 1. The van der Waals surface area contributed by atoms with Crippen molar-refractivity contribution in [1.29, 1.82) is 0 Å². The third kappa shape index (κ3) is 2.48. The van der Waals surface area contributed by atoms with E-state index in [0.717, 1.165) is 28.1 Å². The first kappa shape index (κ1) is 13.2. The van der Waals surface area contributed by atoms with E-state index >= 15 is 0 Å². The first-order valence-corrected chi connectivity index (χ1v) is 6.65. The number of aryl methyl sites for hydroxylation is 1. The summed E-state index contributed by atoms with van der Waals surface area (Å²) >= 11 is 0. The zero-order chi connectivity index (χ0) is 14.8. The average Bonchev–Trinajstić information content (AvgIpc) is 2.90. The number of methoxy groups -OCH3 is 1. The maximum Gasteiger partial charge on any atom is 0.230 e. The zero-order valence-corrected chi connectivity index (χ0v) is 12.0. The van der Waals surface area contributed by atoms with Gasteiger partial charge in [0.15, 0.2) is 0 Å². The van der Waals surface area contributed by atoms with E-state index in [-0.39, 0.29) is 0 Å². The van der Waals surface area contributed by atoms with Crippen molar-refractivity contribution in [2.45, 2.75) is 6.92 Å². The van der Waals surface area contributed by atoms with Gasteiger partial charge in [-0.2, -0.15) is 0 Å². The van der Waals surface area contributed by atoms with Crippen LogP contribution >= 0.6 is 0 Å². The first-order valence-electron chi connectivity index (χ1n) is 6.65. The highest BCUT2D eigenvalue weighted by Crippen LogP contribution is 2.36. The van der Waals surface area contributed by atoms with Crippen LogP contribution in [0.4, 0.5) is 5.88 Å². The molecule has 4 nitrogen and oxygen atoms in total. The number of rotatable bonds is 3. The number of aromatic nitrogens is 1. The number of benzene rings is 2. The molecule has 0 radical (unpaired) electrons. The molecule has 3 aromatic rings. The summed E-state index contributed by atoms with van der Waals surface area (Å²) in [4.78, 5) is 0. The minimum atomic E-state index is 0.316. The monoisotopic (exact) mass is 280 g/mol. The second kappa shape index (κ2) is 5.32. The second-order valence-electron chi connectivity index (χ2n) is 4.86. The number of nitrogens with two attached hydrogens (primary N) is 1. The molecule has 0 unspecified atom stereocenters. The number of ether oxygens (including phenoxy) is 1. The molecule has 21 heavy (non-hydrogen) atoms. The van der Waals surface area contributed by atoms with Crippen LogP contribution in [0.15, 0.2) is 53.1 Å². The Morgan fingerprint density at radius 3 is 2.19 bits per heavy atom. The molecule has 2 aromatic carbocycles. The molecule has 0 bridgehead atoms. The van der Waals surface area contributed by atoms with Gasteiger partial charge in [0.1, 0.15) is 11.4 Å². The second-order valence-corrected chi connectivity index (χ2v) is 4.86. The van der Waals surface area contributed by atoms with Crippen LogP contribution in [0.25, 0.3) is 22.4 Å². The van der Waals surface area contributed by atoms with Gasteiger partial charge in [0.25, 0.3) is 0 Å². The van der Waals surface area contributed by atoms with Crippen molar-refractivity contribution in [1.82, 2.24) is 5.16 Å². The predicted octanol–water partition coefficient (Wildman–Crippen LogP) is 3.91. The van der Waals surface area contributed by atoms with Gasteiger partial charge in [-0.3, -0.25) is 0 Å². The molecule has 0 saturated heterocycles. The Morgan fingerprint density at radius 1 is 0.952 bits per heavy atom. The molecular formula is C17H16N2O2. The molecule has 0 aliphatic rings.